The molecule has 0 saturated carbocycles. The van der Waals surface area contributed by atoms with Crippen LogP contribution < -0.4 is 15.0 Å². The summed E-state index contributed by atoms with van der Waals surface area (Å²) in [5.74, 6) is 2.69. The van der Waals surface area contributed by atoms with E-state index in [9.17, 15) is 0 Å². The molecule has 2 unspecified atom stereocenters. The highest BCUT2D eigenvalue weighted by Gasteiger charge is 2.35. The van der Waals surface area contributed by atoms with Crippen LogP contribution in [-0.4, -0.2) is 36.8 Å². The Morgan fingerprint density at radius 1 is 1.42 bits per heavy atom. The van der Waals surface area contributed by atoms with Gasteiger partial charge in [-0.25, -0.2) is 4.98 Å². The van der Waals surface area contributed by atoms with Crippen LogP contribution >= 0.6 is 0 Å². The first-order valence-corrected chi connectivity index (χ1v) is 7.34. The fraction of sp³-hybridized carbons (Fsp3) is 0.667. The van der Waals surface area contributed by atoms with Gasteiger partial charge in [0.15, 0.2) is 11.6 Å². The van der Waals surface area contributed by atoms with Crippen LogP contribution in [0.15, 0.2) is 18.3 Å². The predicted octanol–water partition coefficient (Wildman–Crippen LogP) is 2.06. The molecular formula is C15H23N3O. The van der Waals surface area contributed by atoms with Crippen molar-refractivity contribution < 1.29 is 4.74 Å². The van der Waals surface area contributed by atoms with E-state index in [1.165, 1.54) is 12.8 Å². The molecule has 1 aromatic rings. The lowest BCUT2D eigenvalue weighted by atomic mass is 9.94. The largest absolute Gasteiger partial charge is 0.487 e. The van der Waals surface area contributed by atoms with Crippen molar-refractivity contribution in [3.63, 3.8) is 0 Å². The van der Waals surface area contributed by atoms with Gasteiger partial charge in [-0.1, -0.05) is 0 Å². The van der Waals surface area contributed by atoms with Gasteiger partial charge in [-0.3, -0.25) is 0 Å². The van der Waals surface area contributed by atoms with Crippen LogP contribution in [0.25, 0.3) is 0 Å². The predicted molar refractivity (Wildman–Crippen MR) is 76.7 cm³/mol. The summed E-state index contributed by atoms with van der Waals surface area (Å²) >= 11 is 0. The van der Waals surface area contributed by atoms with E-state index in [1.54, 1.807) is 0 Å². The minimum atomic E-state index is 0.186. The van der Waals surface area contributed by atoms with Crippen molar-refractivity contribution in [1.82, 2.24) is 10.3 Å². The van der Waals surface area contributed by atoms with Crippen molar-refractivity contribution in [2.75, 3.05) is 24.5 Å². The molecule has 4 nitrogen and oxygen atoms in total. The molecule has 0 aliphatic carbocycles. The highest BCUT2D eigenvalue weighted by molar-refractivity contribution is 5.53. The van der Waals surface area contributed by atoms with Gasteiger partial charge in [0.25, 0.3) is 0 Å². The summed E-state index contributed by atoms with van der Waals surface area (Å²) in [6.45, 7) is 7.43. The maximum atomic E-state index is 5.89. The van der Waals surface area contributed by atoms with Gasteiger partial charge in [0.1, 0.15) is 0 Å². The van der Waals surface area contributed by atoms with Crippen molar-refractivity contribution in [2.45, 2.75) is 38.8 Å². The van der Waals surface area contributed by atoms with Gasteiger partial charge in [0, 0.05) is 25.3 Å². The maximum Gasteiger partial charge on any atom is 0.171 e. The molecule has 2 saturated heterocycles. The smallest absolute Gasteiger partial charge is 0.171 e. The Bertz CT molecular complexity index is 421. The summed E-state index contributed by atoms with van der Waals surface area (Å²) in [7, 11) is 0. The molecule has 19 heavy (non-hydrogen) atoms. The molecule has 0 spiro atoms. The molecule has 2 fully saturated rings. The Morgan fingerprint density at radius 3 is 3.11 bits per heavy atom. The number of aromatic nitrogens is 1. The van der Waals surface area contributed by atoms with E-state index in [-0.39, 0.29) is 6.10 Å². The number of hydrogen-bond acceptors (Lipinski definition) is 4. The van der Waals surface area contributed by atoms with Gasteiger partial charge in [-0.2, -0.15) is 0 Å². The number of anilines is 1. The van der Waals surface area contributed by atoms with Gasteiger partial charge in [-0.05, 0) is 51.3 Å². The van der Waals surface area contributed by atoms with Crippen LogP contribution in [0.5, 0.6) is 5.75 Å². The quantitative estimate of drug-likeness (QED) is 0.903. The van der Waals surface area contributed by atoms with Crippen molar-refractivity contribution in [3.8, 4) is 5.75 Å². The highest BCUT2D eigenvalue weighted by Crippen LogP contribution is 2.33. The molecule has 0 radical (unpaired) electrons. The minimum absolute atomic E-state index is 0.186. The molecule has 0 bridgehead atoms. The van der Waals surface area contributed by atoms with E-state index < -0.39 is 0 Å². The van der Waals surface area contributed by atoms with Gasteiger partial charge in [0.2, 0.25) is 0 Å². The maximum absolute atomic E-state index is 5.89. The second-order valence-corrected chi connectivity index (χ2v) is 5.86. The molecule has 2 aliphatic heterocycles. The van der Waals surface area contributed by atoms with Gasteiger partial charge >= 0.3 is 0 Å². The second-order valence-electron chi connectivity index (χ2n) is 5.86. The van der Waals surface area contributed by atoms with Crippen molar-refractivity contribution in [3.05, 3.63) is 18.3 Å². The number of ether oxygens (including phenoxy) is 1. The summed E-state index contributed by atoms with van der Waals surface area (Å²) in [6.07, 6.45) is 4.68. The first kappa shape index (κ1) is 12.7. The average Bonchev–Trinajstić information content (AvgIpc) is 2.82. The molecule has 104 valence electrons. The molecule has 1 aromatic heterocycles. The number of piperidine rings is 1. The van der Waals surface area contributed by atoms with E-state index in [1.807, 2.05) is 18.3 Å². The molecule has 3 rings (SSSR count). The zero-order valence-electron chi connectivity index (χ0n) is 11.8. The lowest BCUT2D eigenvalue weighted by Gasteiger charge is -2.24. The highest BCUT2D eigenvalue weighted by atomic mass is 16.5. The average molecular weight is 261 g/mol. The molecule has 3 heterocycles. The van der Waals surface area contributed by atoms with Gasteiger partial charge in [-0.15, -0.1) is 0 Å². The third kappa shape index (κ3) is 2.68. The Hall–Kier alpha value is -1.29. The Balaban J connectivity index is 1.79. The number of rotatable bonds is 3. The van der Waals surface area contributed by atoms with Crippen molar-refractivity contribution in [1.29, 1.82) is 0 Å². The fourth-order valence-corrected chi connectivity index (χ4v) is 3.19. The van der Waals surface area contributed by atoms with Crippen molar-refractivity contribution >= 4 is 5.82 Å². The molecule has 0 aromatic carbocycles. The zero-order valence-corrected chi connectivity index (χ0v) is 11.8. The first-order chi connectivity index (χ1) is 9.24. The summed E-state index contributed by atoms with van der Waals surface area (Å²) in [5, 5.41) is 3.63. The summed E-state index contributed by atoms with van der Waals surface area (Å²) in [4.78, 5) is 6.93. The van der Waals surface area contributed by atoms with Crippen LogP contribution in [0.1, 0.15) is 26.7 Å². The monoisotopic (exact) mass is 261 g/mol. The van der Waals surface area contributed by atoms with Crippen molar-refractivity contribution in [2.24, 2.45) is 5.92 Å². The fourth-order valence-electron chi connectivity index (χ4n) is 3.19. The number of nitrogens with one attached hydrogen (secondary N) is 1. The number of nitrogens with zero attached hydrogens (tertiary/aromatic N) is 2. The van der Waals surface area contributed by atoms with Crippen LogP contribution in [0.2, 0.25) is 0 Å². The first-order valence-electron chi connectivity index (χ1n) is 7.34. The van der Waals surface area contributed by atoms with E-state index in [2.05, 4.69) is 29.0 Å². The van der Waals surface area contributed by atoms with Crippen LogP contribution in [-0.2, 0) is 0 Å². The van der Waals surface area contributed by atoms with E-state index >= 15 is 0 Å². The summed E-state index contributed by atoms with van der Waals surface area (Å²) < 4.78 is 5.89. The lowest BCUT2D eigenvalue weighted by molar-refractivity contribution is 0.242. The summed E-state index contributed by atoms with van der Waals surface area (Å²) in [6, 6.07) is 4.60. The van der Waals surface area contributed by atoms with E-state index in [0.29, 0.717) is 6.04 Å². The third-order valence-electron chi connectivity index (χ3n) is 4.01. The van der Waals surface area contributed by atoms with E-state index in [0.717, 1.165) is 37.1 Å². The molecule has 2 aliphatic rings. The molecule has 1 N–H and O–H groups in total. The van der Waals surface area contributed by atoms with Gasteiger partial charge in [0.05, 0.1) is 6.10 Å². The molecule has 2 atom stereocenters. The van der Waals surface area contributed by atoms with Gasteiger partial charge < -0.3 is 15.0 Å². The summed E-state index contributed by atoms with van der Waals surface area (Å²) in [5.41, 5.74) is 0. The molecule has 4 heteroatoms. The van der Waals surface area contributed by atoms with Crippen LogP contribution in [0.3, 0.4) is 0 Å². The normalized spacial score (nSPS) is 26.6. The third-order valence-corrected chi connectivity index (χ3v) is 4.01. The van der Waals surface area contributed by atoms with Crippen LogP contribution in [0, 0.1) is 5.92 Å². The zero-order chi connectivity index (χ0) is 13.2. The topological polar surface area (TPSA) is 37.4 Å². The van der Waals surface area contributed by atoms with E-state index in [4.69, 9.17) is 4.74 Å². The second kappa shape index (κ2) is 5.37. The molecular weight excluding hydrogens is 238 g/mol. The Labute approximate surface area is 115 Å². The Kier molecular flexibility index (Phi) is 3.60. The lowest BCUT2D eigenvalue weighted by Crippen LogP contribution is -2.40. The molecule has 0 amide bonds. The van der Waals surface area contributed by atoms with Crippen LogP contribution in [0.4, 0.5) is 5.82 Å². The minimum Gasteiger partial charge on any atom is -0.487 e. The Morgan fingerprint density at radius 2 is 2.32 bits per heavy atom. The number of fused-ring (bicyclic) bond motifs is 1. The standard InChI is InChI=1S/C15H23N3O/c1-11(2)19-14-6-4-8-17-15(14)18-9-12-5-3-7-16-13(12)10-18/h4,6,8,11-13,16H,3,5,7,9-10H2,1-2H3. The number of pyridine rings is 1. The number of hydrogen-bond donors (Lipinski definition) is 1. The SMILES string of the molecule is CC(C)Oc1cccnc1N1CC2CCCNC2C1.